The molecule has 222 valence electrons. The number of para-hydroxylation sites is 1. The summed E-state index contributed by atoms with van der Waals surface area (Å²) < 4.78 is 37.5. The molecule has 10 nitrogen and oxygen atoms in total. The molecule has 3 aromatic carbocycles. The lowest BCUT2D eigenvalue weighted by atomic mass is 9.97. The predicted octanol–water partition coefficient (Wildman–Crippen LogP) is 5.95. The van der Waals surface area contributed by atoms with E-state index < -0.39 is 21.7 Å². The minimum Gasteiger partial charge on any atom is -0.444 e. The average Bonchev–Trinajstić information content (AvgIpc) is 3.42. The lowest BCUT2D eigenvalue weighted by Crippen LogP contribution is -2.27. The van der Waals surface area contributed by atoms with Gasteiger partial charge in [0.25, 0.3) is 0 Å². The van der Waals surface area contributed by atoms with Gasteiger partial charge in [-0.3, -0.25) is 9.62 Å². The zero-order chi connectivity index (χ0) is 30.7. The molecule has 0 aliphatic heterocycles. The lowest BCUT2D eigenvalue weighted by molar-refractivity contribution is 0.0635. The smallest absolute Gasteiger partial charge is 0.412 e. The Kier molecular flexibility index (Phi) is 9.03. The Hall–Kier alpha value is -4.22. The summed E-state index contributed by atoms with van der Waals surface area (Å²) >= 11 is 0. The van der Waals surface area contributed by atoms with Crippen molar-refractivity contribution in [3.05, 3.63) is 83.7 Å². The molecule has 0 radical (unpaired) electrons. The van der Waals surface area contributed by atoms with E-state index in [4.69, 9.17) is 14.9 Å². The van der Waals surface area contributed by atoms with Crippen LogP contribution in [0.15, 0.2) is 71.1 Å². The number of amides is 1. The number of anilines is 2. The third-order valence-electron chi connectivity index (χ3n) is 6.62. The maximum absolute atomic E-state index is 12.4. The van der Waals surface area contributed by atoms with E-state index in [1.165, 1.54) is 11.4 Å². The minimum absolute atomic E-state index is 0.188. The second kappa shape index (κ2) is 12.3. The number of sulfonamides is 1. The Bertz CT molecular complexity index is 1680. The number of rotatable bonds is 9. The Morgan fingerprint density at radius 1 is 1.02 bits per heavy atom. The number of hydrogen-bond donors (Lipinski definition) is 2. The third-order valence-corrected chi connectivity index (χ3v) is 7.82. The molecule has 4 rings (SSSR count). The Balaban J connectivity index is 1.65. The van der Waals surface area contributed by atoms with Crippen LogP contribution in [0.3, 0.4) is 0 Å². The highest BCUT2D eigenvalue weighted by molar-refractivity contribution is 7.92. The summed E-state index contributed by atoms with van der Waals surface area (Å²) in [6.45, 7) is 7.70. The van der Waals surface area contributed by atoms with Gasteiger partial charge in [0.2, 0.25) is 21.8 Å². The number of carbonyl (C=O) groups is 1. The second-order valence-electron chi connectivity index (χ2n) is 11.2. The van der Waals surface area contributed by atoms with Crippen LogP contribution in [-0.4, -0.2) is 43.6 Å². The van der Waals surface area contributed by atoms with Crippen molar-refractivity contribution < 1.29 is 22.4 Å². The highest BCUT2D eigenvalue weighted by atomic mass is 32.2. The molecule has 0 saturated carbocycles. The molecule has 3 N–H and O–H groups in total. The molecule has 0 fully saturated rings. The third kappa shape index (κ3) is 7.54. The van der Waals surface area contributed by atoms with Crippen molar-refractivity contribution in [1.82, 2.24) is 10.2 Å². The van der Waals surface area contributed by atoms with E-state index in [9.17, 15) is 13.2 Å². The van der Waals surface area contributed by atoms with Crippen LogP contribution >= 0.6 is 0 Å². The van der Waals surface area contributed by atoms with Crippen molar-refractivity contribution in [3.63, 3.8) is 0 Å². The maximum atomic E-state index is 12.4. The van der Waals surface area contributed by atoms with Crippen molar-refractivity contribution in [2.24, 2.45) is 5.73 Å². The normalized spacial score (nSPS) is 12.5. The maximum Gasteiger partial charge on any atom is 0.412 e. The number of hydrogen-bond acceptors (Lipinski definition) is 8. The van der Waals surface area contributed by atoms with Crippen molar-refractivity contribution in [1.29, 1.82) is 0 Å². The largest absolute Gasteiger partial charge is 0.444 e. The standard InChI is InChI=1S/C31H37N5O5S/c1-20(15-21-11-8-10-14-27(21)33-30(37)41-31(2,3)4)28-34-35-29(40-28)24-16-23(26-13-9-7-12-22(26)19-32)17-25(18-24)36(5)42(6,38)39/h7-14,16-18,20H,15,19,32H2,1-6H3,(H,33,37)/t20-/m1/s1. The van der Waals surface area contributed by atoms with E-state index in [1.54, 1.807) is 12.1 Å². The fourth-order valence-corrected chi connectivity index (χ4v) is 4.93. The Labute approximate surface area is 247 Å². The fourth-order valence-electron chi connectivity index (χ4n) is 4.44. The van der Waals surface area contributed by atoms with Crippen LogP contribution in [0.1, 0.15) is 50.6 Å². The summed E-state index contributed by atoms with van der Waals surface area (Å²) in [5.41, 5.74) is 10.5. The zero-order valence-corrected chi connectivity index (χ0v) is 25.5. The average molecular weight is 592 g/mol. The molecule has 11 heteroatoms. The number of benzene rings is 3. The van der Waals surface area contributed by atoms with Gasteiger partial charge in [0.15, 0.2) is 0 Å². The molecule has 0 saturated heterocycles. The molecule has 0 aliphatic rings. The molecule has 1 atom stereocenters. The first-order chi connectivity index (χ1) is 19.7. The molecule has 1 heterocycles. The Morgan fingerprint density at radius 2 is 1.67 bits per heavy atom. The van der Waals surface area contributed by atoms with Crippen molar-refractivity contribution in [2.75, 3.05) is 22.9 Å². The molecule has 0 bridgehead atoms. The molecular weight excluding hydrogens is 554 g/mol. The molecule has 0 spiro atoms. The summed E-state index contributed by atoms with van der Waals surface area (Å²) in [5, 5.41) is 11.4. The summed E-state index contributed by atoms with van der Waals surface area (Å²) in [6, 6.07) is 20.6. The molecular formula is C31H37N5O5S. The minimum atomic E-state index is -3.53. The van der Waals surface area contributed by atoms with Crippen LogP contribution in [0.25, 0.3) is 22.6 Å². The van der Waals surface area contributed by atoms with Crippen molar-refractivity contribution in [3.8, 4) is 22.6 Å². The molecule has 4 aromatic rings. The van der Waals surface area contributed by atoms with Gasteiger partial charge in [-0.25, -0.2) is 13.2 Å². The number of carbonyl (C=O) groups excluding carboxylic acids is 1. The number of aromatic nitrogens is 2. The quantitative estimate of drug-likeness (QED) is 0.243. The number of nitrogens with two attached hydrogens (primary N) is 1. The van der Waals surface area contributed by atoms with Crippen LogP contribution in [-0.2, 0) is 27.7 Å². The van der Waals surface area contributed by atoms with Crippen LogP contribution in [0.2, 0.25) is 0 Å². The van der Waals surface area contributed by atoms with Crippen molar-refractivity contribution in [2.45, 2.75) is 52.2 Å². The van der Waals surface area contributed by atoms with Gasteiger partial charge in [0.1, 0.15) is 5.60 Å². The monoisotopic (exact) mass is 591 g/mol. The number of nitrogens with zero attached hydrogens (tertiary/aromatic N) is 3. The molecule has 0 aliphatic carbocycles. The first-order valence-corrected chi connectivity index (χ1v) is 15.4. The highest BCUT2D eigenvalue weighted by Gasteiger charge is 2.22. The van der Waals surface area contributed by atoms with E-state index in [-0.39, 0.29) is 11.8 Å². The Morgan fingerprint density at radius 3 is 2.33 bits per heavy atom. The van der Waals surface area contributed by atoms with Crippen LogP contribution < -0.4 is 15.4 Å². The SMILES string of the molecule is C[C@H](Cc1ccccc1NC(=O)OC(C)(C)C)c1nnc(-c2cc(-c3ccccc3CN)cc(N(C)S(C)(=O)=O)c2)o1. The first kappa shape index (κ1) is 30.7. The van der Waals surface area contributed by atoms with Gasteiger partial charge in [-0.1, -0.05) is 49.4 Å². The molecule has 0 unspecified atom stereocenters. The summed E-state index contributed by atoms with van der Waals surface area (Å²) in [5.74, 6) is 0.474. The second-order valence-corrected chi connectivity index (χ2v) is 13.2. The van der Waals surface area contributed by atoms with E-state index in [2.05, 4.69) is 15.5 Å². The van der Waals surface area contributed by atoms with Gasteiger partial charge in [-0.05, 0) is 73.7 Å². The van der Waals surface area contributed by atoms with Gasteiger partial charge in [-0.15, -0.1) is 10.2 Å². The van der Waals surface area contributed by atoms with Gasteiger partial charge in [0.05, 0.1) is 11.9 Å². The highest BCUT2D eigenvalue weighted by Crippen LogP contribution is 2.34. The zero-order valence-electron chi connectivity index (χ0n) is 24.7. The van der Waals surface area contributed by atoms with Gasteiger partial charge >= 0.3 is 6.09 Å². The molecule has 1 amide bonds. The van der Waals surface area contributed by atoms with E-state index in [0.717, 1.165) is 28.5 Å². The molecule has 42 heavy (non-hydrogen) atoms. The fraction of sp³-hybridized carbons (Fsp3) is 0.323. The van der Waals surface area contributed by atoms with Crippen molar-refractivity contribution >= 4 is 27.5 Å². The predicted molar refractivity (Wildman–Crippen MR) is 165 cm³/mol. The topological polar surface area (TPSA) is 141 Å². The van der Waals surface area contributed by atoms with Gasteiger partial charge in [-0.2, -0.15) is 0 Å². The summed E-state index contributed by atoms with van der Waals surface area (Å²) in [6.07, 6.45) is 1.13. The van der Waals surface area contributed by atoms with Gasteiger partial charge in [0, 0.05) is 30.8 Å². The molecule has 1 aromatic heterocycles. The summed E-state index contributed by atoms with van der Waals surface area (Å²) in [4.78, 5) is 12.4. The number of nitrogens with one attached hydrogen (secondary N) is 1. The van der Waals surface area contributed by atoms with E-state index >= 15 is 0 Å². The van der Waals surface area contributed by atoms with E-state index in [0.29, 0.717) is 35.8 Å². The van der Waals surface area contributed by atoms with E-state index in [1.807, 2.05) is 82.3 Å². The lowest BCUT2D eigenvalue weighted by Gasteiger charge is -2.20. The van der Waals surface area contributed by atoms with Gasteiger partial charge < -0.3 is 14.9 Å². The number of ether oxygens (including phenoxy) is 1. The van der Waals surface area contributed by atoms with Crippen LogP contribution in [0.5, 0.6) is 0 Å². The van der Waals surface area contributed by atoms with Crippen LogP contribution in [0.4, 0.5) is 16.2 Å². The summed E-state index contributed by atoms with van der Waals surface area (Å²) in [7, 11) is -2.04. The first-order valence-electron chi connectivity index (χ1n) is 13.5. The van der Waals surface area contributed by atoms with Crippen LogP contribution in [0, 0.1) is 0 Å².